The minimum atomic E-state index is -5.45. The number of benzene rings is 2. The summed E-state index contributed by atoms with van der Waals surface area (Å²) < 4.78 is 81.1. The first-order valence-electron chi connectivity index (χ1n) is 6.48. The normalized spacial score (nSPS) is 12.5. The molecule has 0 aliphatic rings. The molecule has 0 aliphatic carbocycles. The molecule has 0 heterocycles. The molecule has 24 heavy (non-hydrogen) atoms. The number of nitrogens with two attached hydrogens (primary N) is 1. The first-order chi connectivity index (χ1) is 11.0. The molecule has 0 saturated carbocycles. The Morgan fingerprint density at radius 1 is 0.833 bits per heavy atom. The summed E-state index contributed by atoms with van der Waals surface area (Å²) in [4.78, 5) is 0. The molecule has 2 aromatic rings. The first-order valence-corrected chi connectivity index (χ1v) is 6.48. The van der Waals surface area contributed by atoms with Gasteiger partial charge in [-0.3, -0.25) is 0 Å². The van der Waals surface area contributed by atoms with Crippen LogP contribution in [0.2, 0.25) is 0 Å². The monoisotopic (exact) mass is 351 g/mol. The number of aromatic hydroxyl groups is 1. The molecule has 130 valence electrons. The molecule has 0 amide bonds. The summed E-state index contributed by atoms with van der Waals surface area (Å²) in [6.45, 7) is 0. The molecule has 2 aromatic carbocycles. The summed E-state index contributed by atoms with van der Waals surface area (Å²) in [6.07, 6.45) is -10.9. The van der Waals surface area contributed by atoms with Gasteiger partial charge in [0.1, 0.15) is 17.2 Å². The van der Waals surface area contributed by atoms with Crippen LogP contribution >= 0.6 is 0 Å². The first kappa shape index (κ1) is 17.8. The van der Waals surface area contributed by atoms with Crippen LogP contribution in [0.25, 0.3) is 0 Å². The second kappa shape index (κ2) is 6.14. The summed E-state index contributed by atoms with van der Waals surface area (Å²) in [5.74, 6) is -3.56. The zero-order valence-corrected chi connectivity index (χ0v) is 11.8. The molecule has 0 saturated heterocycles. The highest BCUT2D eigenvalue weighted by atomic mass is 19.4. The van der Waals surface area contributed by atoms with Crippen LogP contribution in [0, 0.1) is 0 Å². The van der Waals surface area contributed by atoms with Crippen molar-refractivity contribution in [3.63, 3.8) is 0 Å². The predicted molar refractivity (Wildman–Crippen MR) is 73.9 cm³/mol. The van der Waals surface area contributed by atoms with E-state index in [1.165, 1.54) is 18.2 Å². The molecule has 9 heteroatoms. The minimum Gasteiger partial charge on any atom is -0.506 e. The van der Waals surface area contributed by atoms with E-state index >= 15 is 0 Å². The number of ether oxygens (including phenoxy) is 1. The van der Waals surface area contributed by atoms with Crippen LogP contribution in [0.3, 0.4) is 0 Å². The molecule has 0 aliphatic heterocycles. The van der Waals surface area contributed by atoms with Crippen molar-refractivity contribution < 1.29 is 36.2 Å². The van der Waals surface area contributed by atoms with Crippen LogP contribution in [0.4, 0.5) is 32.0 Å². The average Bonchev–Trinajstić information content (AvgIpc) is 2.42. The molecule has 0 spiro atoms. The fourth-order valence-electron chi connectivity index (χ4n) is 2.02. The zero-order chi connectivity index (χ0) is 18.1. The predicted octanol–water partition coefficient (Wildman–Crippen LogP) is 4.97. The Bertz CT molecular complexity index is 695. The van der Waals surface area contributed by atoms with Crippen molar-refractivity contribution in [2.45, 2.75) is 18.3 Å². The van der Waals surface area contributed by atoms with Gasteiger partial charge in [0.15, 0.2) is 5.92 Å². The average molecular weight is 351 g/mol. The Morgan fingerprint density at radius 2 is 1.33 bits per heavy atom. The molecular weight excluding hydrogens is 340 g/mol. The van der Waals surface area contributed by atoms with Crippen LogP contribution in [-0.4, -0.2) is 17.5 Å². The van der Waals surface area contributed by atoms with Gasteiger partial charge in [-0.1, -0.05) is 12.1 Å². The van der Waals surface area contributed by atoms with Crippen LogP contribution in [-0.2, 0) is 0 Å². The number of alkyl halides is 6. The number of phenols is 1. The van der Waals surface area contributed by atoms with E-state index in [4.69, 9.17) is 10.5 Å². The van der Waals surface area contributed by atoms with Gasteiger partial charge in [-0.15, -0.1) is 0 Å². The fourth-order valence-corrected chi connectivity index (χ4v) is 2.02. The Morgan fingerprint density at radius 3 is 1.79 bits per heavy atom. The van der Waals surface area contributed by atoms with Gasteiger partial charge in [0, 0.05) is 6.07 Å². The molecule has 0 bridgehead atoms. The topological polar surface area (TPSA) is 55.5 Å². The Labute approximate surface area is 132 Å². The van der Waals surface area contributed by atoms with E-state index in [1.54, 1.807) is 0 Å². The standard InChI is InChI=1S/C15H11F6NO2/c16-14(17,18)13(15(19,20)21)8-1-3-9(4-2-8)24-10-5-6-12(23)11(22)7-10/h1-7,13,23H,22H2. The van der Waals surface area contributed by atoms with Crippen molar-refractivity contribution in [1.82, 2.24) is 0 Å². The van der Waals surface area contributed by atoms with E-state index in [-0.39, 0.29) is 22.9 Å². The number of nitrogen functional groups attached to an aromatic ring is 1. The van der Waals surface area contributed by atoms with Gasteiger partial charge >= 0.3 is 12.4 Å². The van der Waals surface area contributed by atoms with Crippen molar-refractivity contribution in [3.8, 4) is 17.2 Å². The van der Waals surface area contributed by atoms with Gasteiger partial charge in [-0.25, -0.2) is 0 Å². The SMILES string of the molecule is Nc1cc(Oc2ccc(C(C(F)(F)F)C(F)(F)F)cc2)ccc1O. The molecule has 3 N–H and O–H groups in total. The van der Waals surface area contributed by atoms with E-state index in [9.17, 15) is 31.4 Å². The number of rotatable bonds is 3. The summed E-state index contributed by atoms with van der Waals surface area (Å²) >= 11 is 0. The van der Waals surface area contributed by atoms with Gasteiger partial charge < -0.3 is 15.6 Å². The highest BCUT2D eigenvalue weighted by Crippen LogP contribution is 2.46. The lowest BCUT2D eigenvalue weighted by Gasteiger charge is -2.23. The molecule has 2 rings (SSSR count). The van der Waals surface area contributed by atoms with Crippen molar-refractivity contribution in [2.24, 2.45) is 0 Å². The van der Waals surface area contributed by atoms with Crippen LogP contribution in [0.5, 0.6) is 17.2 Å². The van der Waals surface area contributed by atoms with Crippen molar-refractivity contribution in [1.29, 1.82) is 0 Å². The number of hydrogen-bond donors (Lipinski definition) is 2. The third-order valence-electron chi connectivity index (χ3n) is 3.10. The van der Waals surface area contributed by atoms with Crippen LogP contribution in [0.1, 0.15) is 11.5 Å². The molecule has 0 unspecified atom stereocenters. The Hall–Kier alpha value is -2.58. The molecular formula is C15H11F6NO2. The highest BCUT2D eigenvalue weighted by Gasteiger charge is 2.57. The van der Waals surface area contributed by atoms with Gasteiger partial charge in [0.05, 0.1) is 5.69 Å². The van der Waals surface area contributed by atoms with E-state index in [1.807, 2.05) is 0 Å². The third kappa shape index (κ3) is 4.03. The fraction of sp³-hybridized carbons (Fsp3) is 0.200. The molecule has 0 atom stereocenters. The maximum Gasteiger partial charge on any atom is 0.404 e. The summed E-state index contributed by atoms with van der Waals surface area (Å²) in [5.41, 5.74) is 4.53. The van der Waals surface area contributed by atoms with Gasteiger partial charge in [0.2, 0.25) is 0 Å². The molecule has 0 aromatic heterocycles. The lowest BCUT2D eigenvalue weighted by Crippen LogP contribution is -2.34. The number of halogens is 6. The zero-order valence-electron chi connectivity index (χ0n) is 11.8. The summed E-state index contributed by atoms with van der Waals surface area (Å²) in [5, 5.41) is 9.27. The number of hydrogen-bond acceptors (Lipinski definition) is 3. The number of phenolic OH excluding ortho intramolecular Hbond substituents is 1. The van der Waals surface area contributed by atoms with Crippen molar-refractivity contribution >= 4 is 5.69 Å². The third-order valence-corrected chi connectivity index (χ3v) is 3.10. The van der Waals surface area contributed by atoms with Crippen molar-refractivity contribution in [3.05, 3.63) is 48.0 Å². The van der Waals surface area contributed by atoms with E-state index < -0.39 is 23.8 Å². The van der Waals surface area contributed by atoms with Gasteiger partial charge in [-0.2, -0.15) is 26.3 Å². The van der Waals surface area contributed by atoms with E-state index in [0.717, 1.165) is 12.1 Å². The lowest BCUT2D eigenvalue weighted by molar-refractivity contribution is -0.253. The second-order valence-corrected chi connectivity index (χ2v) is 4.91. The maximum absolute atomic E-state index is 12.6. The minimum absolute atomic E-state index is 0.0123. The van der Waals surface area contributed by atoms with Crippen LogP contribution < -0.4 is 10.5 Å². The highest BCUT2D eigenvalue weighted by molar-refractivity contribution is 5.55. The Kier molecular flexibility index (Phi) is 4.54. The lowest BCUT2D eigenvalue weighted by atomic mass is 9.98. The largest absolute Gasteiger partial charge is 0.506 e. The van der Waals surface area contributed by atoms with Gasteiger partial charge in [0.25, 0.3) is 0 Å². The van der Waals surface area contributed by atoms with Crippen LogP contribution in [0.15, 0.2) is 42.5 Å². The summed E-state index contributed by atoms with van der Waals surface area (Å²) in [7, 11) is 0. The second-order valence-electron chi connectivity index (χ2n) is 4.91. The van der Waals surface area contributed by atoms with Gasteiger partial charge in [-0.05, 0) is 29.8 Å². The summed E-state index contributed by atoms with van der Waals surface area (Å²) in [6, 6.07) is 7.22. The smallest absolute Gasteiger partial charge is 0.404 e. The Balaban J connectivity index is 2.24. The maximum atomic E-state index is 12.6. The van der Waals surface area contributed by atoms with E-state index in [0.29, 0.717) is 12.1 Å². The van der Waals surface area contributed by atoms with Crippen molar-refractivity contribution in [2.75, 3.05) is 5.73 Å². The van der Waals surface area contributed by atoms with E-state index in [2.05, 4.69) is 0 Å². The number of anilines is 1. The quantitative estimate of drug-likeness (QED) is 0.466. The molecule has 0 radical (unpaired) electrons. The molecule has 0 fully saturated rings. The molecule has 3 nitrogen and oxygen atoms in total.